The molecule has 0 amide bonds. The quantitative estimate of drug-likeness (QED) is 0.249. The standard InChI is InChI=1S/C19H12FN3O3/c1-11-2-3-12(7-18(11)23(25)26)6-13(9-21)19(24)16-10-22-17-8-14(20)4-5-15(16)17/h2-8,10,22H,1H3/b13-6-. The third kappa shape index (κ3) is 3.08. The number of nitro groups is 1. The minimum absolute atomic E-state index is 0.0916. The fraction of sp³-hybridized carbons (Fsp3) is 0.0526. The first kappa shape index (κ1) is 17.0. The monoisotopic (exact) mass is 349 g/mol. The Kier molecular flexibility index (Phi) is 4.33. The van der Waals surface area contributed by atoms with E-state index in [9.17, 15) is 24.6 Å². The first-order chi connectivity index (χ1) is 12.4. The number of carbonyl (C=O) groups is 1. The second kappa shape index (κ2) is 6.61. The molecule has 1 heterocycles. The highest BCUT2D eigenvalue weighted by atomic mass is 19.1. The van der Waals surface area contributed by atoms with Crippen molar-refractivity contribution in [1.82, 2.24) is 4.98 Å². The number of halogens is 1. The van der Waals surface area contributed by atoms with Crippen molar-refractivity contribution in [2.45, 2.75) is 6.92 Å². The molecular formula is C19H12FN3O3. The highest BCUT2D eigenvalue weighted by molar-refractivity contribution is 6.19. The molecular weight excluding hydrogens is 337 g/mol. The van der Waals surface area contributed by atoms with Crippen molar-refractivity contribution in [2.75, 3.05) is 0 Å². The van der Waals surface area contributed by atoms with E-state index in [1.54, 1.807) is 19.1 Å². The maximum absolute atomic E-state index is 13.3. The van der Waals surface area contributed by atoms with Gasteiger partial charge in [0.25, 0.3) is 5.69 Å². The fourth-order valence-corrected chi connectivity index (χ4v) is 2.66. The number of fused-ring (bicyclic) bond motifs is 1. The second-order valence-electron chi connectivity index (χ2n) is 5.69. The molecule has 0 radical (unpaired) electrons. The van der Waals surface area contributed by atoms with Gasteiger partial charge in [-0.3, -0.25) is 14.9 Å². The van der Waals surface area contributed by atoms with Crippen LogP contribution in [0, 0.1) is 34.2 Å². The lowest BCUT2D eigenvalue weighted by Gasteiger charge is -2.01. The summed E-state index contributed by atoms with van der Waals surface area (Å²) in [5.74, 6) is -0.991. The molecule has 26 heavy (non-hydrogen) atoms. The minimum Gasteiger partial charge on any atom is -0.360 e. The van der Waals surface area contributed by atoms with Gasteiger partial charge in [0.05, 0.1) is 4.92 Å². The number of nitro benzene ring substituents is 1. The van der Waals surface area contributed by atoms with Gasteiger partial charge in [0.1, 0.15) is 17.5 Å². The predicted molar refractivity (Wildman–Crippen MR) is 94.0 cm³/mol. The van der Waals surface area contributed by atoms with Crippen LogP contribution in [0.25, 0.3) is 17.0 Å². The number of ketones is 1. The average Bonchev–Trinajstić information content (AvgIpc) is 3.03. The molecule has 3 aromatic rings. The van der Waals surface area contributed by atoms with Crippen LogP contribution in [0.1, 0.15) is 21.5 Å². The number of hydrogen-bond donors (Lipinski definition) is 1. The number of rotatable bonds is 4. The van der Waals surface area contributed by atoms with E-state index in [2.05, 4.69) is 4.98 Å². The van der Waals surface area contributed by atoms with Crippen LogP contribution in [-0.2, 0) is 0 Å². The van der Waals surface area contributed by atoms with Gasteiger partial charge >= 0.3 is 0 Å². The molecule has 2 aromatic carbocycles. The molecule has 0 aliphatic rings. The number of hydrogen-bond acceptors (Lipinski definition) is 4. The summed E-state index contributed by atoms with van der Waals surface area (Å²) in [4.78, 5) is 26.0. The van der Waals surface area contributed by atoms with Gasteiger partial charge in [0, 0.05) is 34.3 Å². The van der Waals surface area contributed by atoms with Crippen molar-refractivity contribution in [1.29, 1.82) is 5.26 Å². The summed E-state index contributed by atoms with van der Waals surface area (Å²) >= 11 is 0. The van der Waals surface area contributed by atoms with E-state index in [1.165, 1.54) is 36.5 Å². The number of nitriles is 1. The van der Waals surface area contributed by atoms with Crippen LogP contribution in [0.2, 0.25) is 0 Å². The number of carbonyl (C=O) groups excluding carboxylic acids is 1. The van der Waals surface area contributed by atoms with Gasteiger partial charge in [-0.2, -0.15) is 5.26 Å². The van der Waals surface area contributed by atoms with Gasteiger partial charge in [0.2, 0.25) is 5.78 Å². The number of benzene rings is 2. The Morgan fingerprint density at radius 3 is 2.77 bits per heavy atom. The molecule has 1 N–H and O–H groups in total. The van der Waals surface area contributed by atoms with Crippen molar-refractivity contribution in [3.05, 3.63) is 80.8 Å². The zero-order chi connectivity index (χ0) is 18.8. The Morgan fingerprint density at radius 2 is 2.08 bits per heavy atom. The van der Waals surface area contributed by atoms with E-state index in [4.69, 9.17) is 0 Å². The normalized spacial score (nSPS) is 11.3. The number of nitrogens with one attached hydrogen (secondary N) is 1. The van der Waals surface area contributed by atoms with Crippen molar-refractivity contribution >= 4 is 28.4 Å². The molecule has 6 nitrogen and oxygen atoms in total. The number of aromatic amines is 1. The van der Waals surface area contributed by atoms with E-state index in [0.717, 1.165) is 0 Å². The predicted octanol–water partition coefficient (Wildman–Crippen LogP) is 4.31. The minimum atomic E-state index is -0.548. The smallest absolute Gasteiger partial charge is 0.272 e. The summed E-state index contributed by atoms with van der Waals surface area (Å²) in [5.41, 5.74) is 1.26. The SMILES string of the molecule is Cc1ccc(/C=C(/C#N)C(=O)c2c[nH]c3cc(F)ccc23)cc1[N+](=O)[O-]. The summed E-state index contributed by atoms with van der Waals surface area (Å²) in [6.45, 7) is 1.60. The third-order valence-corrected chi connectivity index (χ3v) is 3.99. The Hall–Kier alpha value is -3.79. The lowest BCUT2D eigenvalue weighted by atomic mass is 10.0. The van der Waals surface area contributed by atoms with Gasteiger partial charge in [-0.15, -0.1) is 0 Å². The number of allylic oxidation sites excluding steroid dienone is 1. The Morgan fingerprint density at radius 1 is 1.31 bits per heavy atom. The van der Waals surface area contributed by atoms with Gasteiger partial charge in [0.15, 0.2) is 0 Å². The summed E-state index contributed by atoms with van der Waals surface area (Å²) < 4.78 is 13.3. The lowest BCUT2D eigenvalue weighted by Crippen LogP contribution is -2.01. The largest absolute Gasteiger partial charge is 0.360 e. The molecule has 0 fully saturated rings. The molecule has 1 aromatic heterocycles. The second-order valence-corrected chi connectivity index (χ2v) is 5.69. The first-order valence-electron chi connectivity index (χ1n) is 7.59. The Balaban J connectivity index is 2.04. The molecule has 0 spiro atoms. The number of H-pyrrole nitrogens is 1. The number of nitrogens with zero attached hydrogens (tertiary/aromatic N) is 2. The van der Waals surface area contributed by atoms with E-state index < -0.39 is 16.5 Å². The number of aromatic nitrogens is 1. The first-order valence-corrected chi connectivity index (χ1v) is 7.59. The molecule has 0 bridgehead atoms. The highest BCUT2D eigenvalue weighted by Gasteiger charge is 2.18. The Bertz CT molecular complexity index is 1120. The molecule has 7 heteroatoms. The van der Waals surface area contributed by atoms with Crippen LogP contribution in [0.5, 0.6) is 0 Å². The van der Waals surface area contributed by atoms with Gasteiger partial charge in [-0.1, -0.05) is 12.1 Å². The van der Waals surface area contributed by atoms with Crippen LogP contribution in [0.3, 0.4) is 0 Å². The molecule has 0 saturated heterocycles. The van der Waals surface area contributed by atoms with Crippen molar-refractivity contribution in [3.63, 3.8) is 0 Å². The molecule has 3 rings (SSSR count). The van der Waals surface area contributed by atoms with Gasteiger partial charge < -0.3 is 4.98 Å². The molecule has 128 valence electrons. The lowest BCUT2D eigenvalue weighted by molar-refractivity contribution is -0.385. The molecule has 0 aliphatic heterocycles. The zero-order valence-corrected chi connectivity index (χ0v) is 13.6. The topological polar surface area (TPSA) is 99.8 Å². The maximum atomic E-state index is 13.3. The van der Waals surface area contributed by atoms with E-state index in [0.29, 0.717) is 22.0 Å². The highest BCUT2D eigenvalue weighted by Crippen LogP contribution is 2.24. The van der Waals surface area contributed by atoms with Crippen molar-refractivity contribution in [3.8, 4) is 6.07 Å². The van der Waals surface area contributed by atoms with Gasteiger partial charge in [-0.05, 0) is 36.8 Å². The summed E-state index contributed by atoms with van der Waals surface area (Å²) in [6, 6.07) is 10.2. The molecule has 0 aliphatic carbocycles. The van der Waals surface area contributed by atoms with Crippen LogP contribution in [0.4, 0.5) is 10.1 Å². The zero-order valence-electron chi connectivity index (χ0n) is 13.6. The van der Waals surface area contributed by atoms with E-state index in [1.807, 2.05) is 6.07 Å². The summed E-state index contributed by atoms with van der Waals surface area (Å²) in [7, 11) is 0. The summed E-state index contributed by atoms with van der Waals surface area (Å²) in [5, 5.41) is 20.9. The van der Waals surface area contributed by atoms with Crippen LogP contribution in [-0.4, -0.2) is 15.7 Å². The molecule has 0 saturated carbocycles. The molecule has 0 unspecified atom stereocenters. The van der Waals surface area contributed by atoms with Crippen molar-refractivity contribution in [2.24, 2.45) is 0 Å². The van der Waals surface area contributed by atoms with Crippen LogP contribution < -0.4 is 0 Å². The third-order valence-electron chi connectivity index (χ3n) is 3.99. The van der Waals surface area contributed by atoms with Crippen molar-refractivity contribution < 1.29 is 14.1 Å². The van der Waals surface area contributed by atoms with Crippen LogP contribution in [0.15, 0.2) is 48.2 Å². The van der Waals surface area contributed by atoms with Gasteiger partial charge in [-0.25, -0.2) is 4.39 Å². The Labute approximate surface area is 147 Å². The maximum Gasteiger partial charge on any atom is 0.272 e. The fourth-order valence-electron chi connectivity index (χ4n) is 2.66. The van der Waals surface area contributed by atoms with Crippen LogP contribution >= 0.6 is 0 Å². The number of aryl methyl sites for hydroxylation is 1. The summed E-state index contributed by atoms with van der Waals surface area (Å²) in [6.07, 6.45) is 2.71. The average molecular weight is 349 g/mol. The number of Topliss-reactive ketones (excluding diaryl/α,β-unsaturated/α-hetero) is 1. The molecule has 0 atom stereocenters. The van der Waals surface area contributed by atoms with E-state index >= 15 is 0 Å². The van der Waals surface area contributed by atoms with E-state index in [-0.39, 0.29) is 16.8 Å².